The third-order valence-corrected chi connectivity index (χ3v) is 5.28. The third-order valence-electron chi connectivity index (χ3n) is 4.01. The van der Waals surface area contributed by atoms with Gasteiger partial charge in [-0.05, 0) is 12.8 Å². The zero-order valence-corrected chi connectivity index (χ0v) is 19.4. The van der Waals surface area contributed by atoms with Crippen LogP contribution in [0, 0.1) is 11.3 Å². The molecule has 0 aliphatic rings. The molecule has 0 fully saturated rings. The third kappa shape index (κ3) is 11.5. The summed E-state index contributed by atoms with van der Waals surface area (Å²) < 4.78 is 39.1. The van der Waals surface area contributed by atoms with Gasteiger partial charge in [0.1, 0.15) is 0 Å². The molecule has 1 unspecified atom stereocenters. The normalized spacial score (nSPS) is 14.1. The molecule has 0 aromatic heterocycles. The minimum absolute atomic E-state index is 0.160. The first kappa shape index (κ1) is 28.3. The number of aliphatic hydroxyl groups is 1. The van der Waals surface area contributed by atoms with Crippen molar-refractivity contribution in [2.75, 3.05) is 18.9 Å². The molecule has 11 heteroatoms. The van der Waals surface area contributed by atoms with Crippen molar-refractivity contribution in [1.82, 2.24) is 5.32 Å². The molecule has 0 aromatic carbocycles. The van der Waals surface area contributed by atoms with E-state index in [-0.39, 0.29) is 31.0 Å². The monoisotopic (exact) mass is 453 g/mol. The zero-order chi connectivity index (χ0) is 23.5. The summed E-state index contributed by atoms with van der Waals surface area (Å²) in [5.74, 6) is -2.58. The van der Waals surface area contributed by atoms with Crippen molar-refractivity contribution in [2.45, 2.75) is 73.2 Å². The van der Waals surface area contributed by atoms with Crippen LogP contribution in [0.25, 0.3) is 0 Å². The molecule has 0 aromatic rings. The van der Waals surface area contributed by atoms with E-state index in [9.17, 15) is 27.9 Å². The predicted octanol–water partition coefficient (Wildman–Crippen LogP) is 1.11. The van der Waals surface area contributed by atoms with Crippen LogP contribution < -0.4 is 5.32 Å². The fourth-order valence-electron chi connectivity index (χ4n) is 2.05. The van der Waals surface area contributed by atoms with Gasteiger partial charge in [-0.2, -0.15) is 8.42 Å². The highest BCUT2D eigenvalue weighted by atomic mass is 32.2. The number of ether oxygens (including phenoxy) is 2. The maximum Gasteiger partial charge on any atom is 0.338 e. The Morgan fingerprint density at radius 2 is 1.67 bits per heavy atom. The number of amides is 1. The topological polar surface area (TPSA) is 145 Å². The maximum atomic E-state index is 12.3. The molecular formula is C19H35NO9S. The van der Waals surface area contributed by atoms with Gasteiger partial charge in [-0.1, -0.05) is 34.6 Å². The second-order valence-electron chi connectivity index (χ2n) is 8.00. The molecule has 10 nitrogen and oxygen atoms in total. The summed E-state index contributed by atoms with van der Waals surface area (Å²) in [5.41, 5.74) is -1.29. The first-order chi connectivity index (χ1) is 13.7. The van der Waals surface area contributed by atoms with Crippen molar-refractivity contribution >= 4 is 28.0 Å². The highest BCUT2D eigenvalue weighted by Crippen LogP contribution is 2.24. The maximum absolute atomic E-state index is 12.3. The van der Waals surface area contributed by atoms with Crippen LogP contribution in [-0.2, 0) is 38.2 Å². The number of esters is 2. The van der Waals surface area contributed by atoms with E-state index < -0.39 is 52.4 Å². The zero-order valence-electron chi connectivity index (χ0n) is 18.6. The lowest BCUT2D eigenvalue weighted by molar-refractivity contribution is -0.201. The van der Waals surface area contributed by atoms with Crippen molar-refractivity contribution in [2.24, 2.45) is 11.3 Å². The molecule has 2 N–H and O–H groups in total. The molecule has 2 atom stereocenters. The minimum atomic E-state index is -3.91. The molecule has 0 rings (SSSR count). The second kappa shape index (κ2) is 12.9. The summed E-state index contributed by atoms with van der Waals surface area (Å²) in [7, 11) is -3.91. The number of carbonyl (C=O) groups is 3. The SMILES string of the molecule is CCCC(OC(=O)C(C)C)OC(=O)[C@H](O)C(C)(C)COS(=O)(=O)CCCNC(C)=O. The Bertz CT molecular complexity index is 673. The van der Waals surface area contributed by atoms with Crippen molar-refractivity contribution in [3.05, 3.63) is 0 Å². The molecule has 0 heterocycles. The highest BCUT2D eigenvalue weighted by molar-refractivity contribution is 7.86. The van der Waals surface area contributed by atoms with E-state index in [1.807, 2.05) is 6.92 Å². The number of carbonyl (C=O) groups excluding carboxylic acids is 3. The predicted molar refractivity (Wildman–Crippen MR) is 109 cm³/mol. The van der Waals surface area contributed by atoms with Gasteiger partial charge in [0.15, 0.2) is 6.10 Å². The molecule has 0 aliphatic carbocycles. The number of hydrogen-bond acceptors (Lipinski definition) is 9. The molecule has 0 radical (unpaired) electrons. The number of nitrogens with one attached hydrogen (secondary N) is 1. The van der Waals surface area contributed by atoms with Crippen molar-refractivity contribution in [1.29, 1.82) is 0 Å². The smallest absolute Gasteiger partial charge is 0.338 e. The molecule has 0 aliphatic heterocycles. The summed E-state index contributed by atoms with van der Waals surface area (Å²) in [6.07, 6.45) is -1.85. The summed E-state index contributed by atoms with van der Waals surface area (Å²) in [4.78, 5) is 34.8. The van der Waals surface area contributed by atoms with Gasteiger partial charge in [-0.15, -0.1) is 0 Å². The van der Waals surface area contributed by atoms with Crippen molar-refractivity contribution in [3.63, 3.8) is 0 Å². The van der Waals surface area contributed by atoms with Gasteiger partial charge in [0.2, 0.25) is 12.2 Å². The first-order valence-electron chi connectivity index (χ1n) is 9.92. The van der Waals surface area contributed by atoms with E-state index in [0.717, 1.165) is 0 Å². The Balaban J connectivity index is 4.80. The van der Waals surface area contributed by atoms with Gasteiger partial charge in [0.25, 0.3) is 10.1 Å². The Morgan fingerprint density at radius 1 is 1.10 bits per heavy atom. The van der Waals surface area contributed by atoms with E-state index in [1.54, 1.807) is 13.8 Å². The van der Waals surface area contributed by atoms with Gasteiger partial charge >= 0.3 is 11.9 Å². The number of hydrogen-bond donors (Lipinski definition) is 2. The summed E-state index contributed by atoms with van der Waals surface area (Å²) in [5, 5.41) is 12.8. The van der Waals surface area contributed by atoms with Crippen LogP contribution in [0.2, 0.25) is 0 Å². The van der Waals surface area contributed by atoms with E-state index >= 15 is 0 Å². The lowest BCUT2D eigenvalue weighted by atomic mass is 9.87. The molecule has 176 valence electrons. The molecular weight excluding hydrogens is 418 g/mol. The van der Waals surface area contributed by atoms with E-state index in [0.29, 0.717) is 6.42 Å². The fourth-order valence-corrected chi connectivity index (χ4v) is 3.15. The lowest BCUT2D eigenvalue weighted by Crippen LogP contribution is -2.43. The fraction of sp³-hybridized carbons (Fsp3) is 0.842. The Morgan fingerprint density at radius 3 is 2.17 bits per heavy atom. The van der Waals surface area contributed by atoms with Crippen molar-refractivity contribution < 1.29 is 41.6 Å². The molecule has 0 saturated heterocycles. The van der Waals surface area contributed by atoms with Crippen LogP contribution in [0.1, 0.15) is 60.8 Å². The number of rotatable bonds is 14. The van der Waals surface area contributed by atoms with Gasteiger partial charge in [0, 0.05) is 25.3 Å². The Kier molecular flexibility index (Phi) is 12.1. The summed E-state index contributed by atoms with van der Waals surface area (Å²) >= 11 is 0. The summed E-state index contributed by atoms with van der Waals surface area (Å²) in [6.45, 7) is 9.03. The van der Waals surface area contributed by atoms with Crippen LogP contribution in [0.5, 0.6) is 0 Å². The quantitative estimate of drug-likeness (QED) is 0.171. The van der Waals surface area contributed by atoms with Crippen LogP contribution >= 0.6 is 0 Å². The average molecular weight is 454 g/mol. The molecule has 30 heavy (non-hydrogen) atoms. The highest BCUT2D eigenvalue weighted by Gasteiger charge is 2.38. The Labute approximate surface area is 178 Å². The minimum Gasteiger partial charge on any atom is -0.425 e. The average Bonchev–Trinajstić information content (AvgIpc) is 2.63. The van der Waals surface area contributed by atoms with Crippen molar-refractivity contribution in [3.8, 4) is 0 Å². The Hall–Kier alpha value is -1.72. The van der Waals surface area contributed by atoms with Gasteiger partial charge in [0.05, 0.1) is 18.3 Å². The lowest BCUT2D eigenvalue weighted by Gasteiger charge is -2.29. The summed E-state index contributed by atoms with van der Waals surface area (Å²) in [6, 6.07) is 0. The first-order valence-corrected chi connectivity index (χ1v) is 11.5. The van der Waals surface area contributed by atoms with E-state index in [4.69, 9.17) is 13.7 Å². The van der Waals surface area contributed by atoms with E-state index in [2.05, 4.69) is 5.32 Å². The standard InChI is InChI=1S/C19H35NO9S/c1-7-9-15(28-17(23)13(2)3)29-18(24)16(22)19(5,6)12-27-30(25,26)11-8-10-20-14(4)21/h13,15-16,22H,7-12H2,1-6H3,(H,20,21)/t15?,16-/m0/s1. The van der Waals surface area contributed by atoms with E-state index in [1.165, 1.54) is 20.8 Å². The van der Waals surface area contributed by atoms with Gasteiger partial charge in [-0.25, -0.2) is 4.79 Å². The number of aliphatic hydroxyl groups excluding tert-OH is 1. The largest absolute Gasteiger partial charge is 0.425 e. The van der Waals surface area contributed by atoms with Crippen LogP contribution in [0.4, 0.5) is 0 Å². The van der Waals surface area contributed by atoms with Gasteiger partial charge < -0.3 is 19.9 Å². The molecule has 0 spiro atoms. The molecule has 0 bridgehead atoms. The molecule has 1 amide bonds. The van der Waals surface area contributed by atoms with Crippen LogP contribution in [0.15, 0.2) is 0 Å². The molecule has 0 saturated carbocycles. The second-order valence-corrected chi connectivity index (χ2v) is 9.76. The van der Waals surface area contributed by atoms with Crippen LogP contribution in [-0.4, -0.2) is 62.7 Å². The van der Waals surface area contributed by atoms with Gasteiger partial charge in [-0.3, -0.25) is 13.8 Å². The van der Waals surface area contributed by atoms with Crippen LogP contribution in [0.3, 0.4) is 0 Å².